The van der Waals surface area contributed by atoms with E-state index in [2.05, 4.69) is 15.5 Å². The van der Waals surface area contributed by atoms with Crippen LogP contribution < -0.4 is 15.4 Å². The van der Waals surface area contributed by atoms with E-state index in [0.29, 0.717) is 18.7 Å². The van der Waals surface area contributed by atoms with Gasteiger partial charge in [0.1, 0.15) is 18.0 Å². The van der Waals surface area contributed by atoms with E-state index in [1.807, 2.05) is 45.9 Å². The minimum absolute atomic E-state index is 0.0129. The van der Waals surface area contributed by atoms with E-state index in [-0.39, 0.29) is 36.9 Å². The maximum Gasteiger partial charge on any atom is 0.294 e. The van der Waals surface area contributed by atoms with Crippen molar-refractivity contribution >= 4 is 5.91 Å². The topological polar surface area (TPSA) is 123 Å². The Bertz CT molecular complexity index is 620. The standard InChI is InChI=1S/C20H33N3O6/c1-15(10-11-28-23(26)27)13-21-19(25)12-18(17(24)14-22-20(2,3)4)29-16-8-6-5-7-9-16/h5-9,15,17-18,22,24H,10-14H2,1-4H3,(H,21,25). The summed E-state index contributed by atoms with van der Waals surface area (Å²) in [7, 11) is 0. The quantitative estimate of drug-likeness (QED) is 0.335. The third-order valence-corrected chi connectivity index (χ3v) is 4.14. The predicted molar refractivity (Wildman–Crippen MR) is 109 cm³/mol. The van der Waals surface area contributed by atoms with Crippen molar-refractivity contribution in [3.8, 4) is 5.75 Å². The fourth-order valence-electron chi connectivity index (χ4n) is 2.45. The molecule has 0 heterocycles. The maximum atomic E-state index is 12.4. The fraction of sp³-hybridized carbons (Fsp3) is 0.650. The molecule has 29 heavy (non-hydrogen) atoms. The smallest absolute Gasteiger partial charge is 0.294 e. The minimum Gasteiger partial charge on any atom is -0.487 e. The number of hydrogen-bond donors (Lipinski definition) is 3. The van der Waals surface area contributed by atoms with Crippen LogP contribution in [0.15, 0.2) is 30.3 Å². The Morgan fingerprint density at radius 2 is 1.90 bits per heavy atom. The number of aliphatic hydroxyl groups is 1. The van der Waals surface area contributed by atoms with Gasteiger partial charge in [0.15, 0.2) is 0 Å². The molecule has 164 valence electrons. The molecular formula is C20H33N3O6. The first-order valence-corrected chi connectivity index (χ1v) is 9.75. The molecule has 1 amide bonds. The molecule has 0 aliphatic heterocycles. The van der Waals surface area contributed by atoms with E-state index < -0.39 is 17.3 Å². The molecule has 0 aliphatic rings. The molecule has 3 unspecified atom stereocenters. The maximum absolute atomic E-state index is 12.4. The van der Waals surface area contributed by atoms with E-state index in [1.54, 1.807) is 12.1 Å². The van der Waals surface area contributed by atoms with Crippen LogP contribution in [0.5, 0.6) is 5.75 Å². The van der Waals surface area contributed by atoms with Crippen molar-refractivity contribution in [3.05, 3.63) is 40.4 Å². The largest absolute Gasteiger partial charge is 0.487 e. The average molecular weight is 411 g/mol. The Hall–Kier alpha value is -2.39. The number of carbonyl (C=O) groups is 1. The number of rotatable bonds is 13. The Kier molecular flexibility index (Phi) is 10.4. The summed E-state index contributed by atoms with van der Waals surface area (Å²) in [6.07, 6.45) is -1.17. The molecule has 0 bridgehead atoms. The molecule has 1 aromatic carbocycles. The number of benzene rings is 1. The second-order valence-corrected chi connectivity index (χ2v) is 8.13. The molecule has 0 aromatic heterocycles. The van der Waals surface area contributed by atoms with Gasteiger partial charge in [0.25, 0.3) is 5.09 Å². The lowest BCUT2D eigenvalue weighted by molar-refractivity contribution is -0.758. The summed E-state index contributed by atoms with van der Waals surface area (Å²) in [5, 5.41) is 25.9. The lowest BCUT2D eigenvalue weighted by Gasteiger charge is -2.28. The number of para-hydroxylation sites is 1. The first-order valence-electron chi connectivity index (χ1n) is 9.75. The highest BCUT2D eigenvalue weighted by Crippen LogP contribution is 2.15. The van der Waals surface area contributed by atoms with Crippen LogP contribution in [0.2, 0.25) is 0 Å². The van der Waals surface area contributed by atoms with Crippen molar-refractivity contribution in [3.63, 3.8) is 0 Å². The number of ether oxygens (including phenoxy) is 1. The third kappa shape index (κ3) is 11.9. The number of β-amino-alcohol motifs (C(OH)–C–C–N with tert-alkyl or cyclic N) is 1. The molecular weight excluding hydrogens is 378 g/mol. The van der Waals surface area contributed by atoms with Gasteiger partial charge in [-0.1, -0.05) is 25.1 Å². The van der Waals surface area contributed by atoms with Gasteiger partial charge in [-0.2, -0.15) is 0 Å². The van der Waals surface area contributed by atoms with Crippen molar-refractivity contribution in [1.29, 1.82) is 0 Å². The number of aliphatic hydroxyl groups excluding tert-OH is 1. The Balaban J connectivity index is 2.58. The molecule has 9 nitrogen and oxygen atoms in total. The van der Waals surface area contributed by atoms with Crippen molar-refractivity contribution in [2.24, 2.45) is 5.92 Å². The van der Waals surface area contributed by atoms with Crippen molar-refractivity contribution < 1.29 is 24.6 Å². The van der Waals surface area contributed by atoms with Crippen LogP contribution >= 0.6 is 0 Å². The van der Waals surface area contributed by atoms with Gasteiger partial charge in [-0.25, -0.2) is 0 Å². The summed E-state index contributed by atoms with van der Waals surface area (Å²) in [5.74, 6) is 0.327. The summed E-state index contributed by atoms with van der Waals surface area (Å²) in [4.78, 5) is 26.8. The van der Waals surface area contributed by atoms with Crippen LogP contribution in [0, 0.1) is 16.0 Å². The number of amides is 1. The number of hydrogen-bond acceptors (Lipinski definition) is 7. The van der Waals surface area contributed by atoms with Gasteiger partial charge in [0, 0.05) is 18.6 Å². The number of nitrogens with zero attached hydrogens (tertiary/aromatic N) is 1. The Labute approximate surface area is 171 Å². The number of carbonyl (C=O) groups excluding carboxylic acids is 1. The Morgan fingerprint density at radius 3 is 2.48 bits per heavy atom. The van der Waals surface area contributed by atoms with Crippen LogP contribution in [-0.4, -0.2) is 53.5 Å². The second kappa shape index (κ2) is 12.2. The predicted octanol–water partition coefficient (Wildman–Crippen LogP) is 1.92. The van der Waals surface area contributed by atoms with Crippen molar-refractivity contribution in [2.45, 2.75) is 58.3 Å². The summed E-state index contributed by atoms with van der Waals surface area (Å²) >= 11 is 0. The molecule has 9 heteroatoms. The van der Waals surface area contributed by atoms with Gasteiger partial charge in [-0.3, -0.25) is 4.79 Å². The third-order valence-electron chi connectivity index (χ3n) is 4.14. The van der Waals surface area contributed by atoms with E-state index in [1.165, 1.54) is 0 Å². The lowest BCUT2D eigenvalue weighted by atomic mass is 10.1. The van der Waals surface area contributed by atoms with Crippen LogP contribution in [-0.2, 0) is 9.63 Å². The van der Waals surface area contributed by atoms with E-state index >= 15 is 0 Å². The van der Waals surface area contributed by atoms with E-state index in [4.69, 9.17) is 4.74 Å². The first kappa shape index (κ1) is 24.6. The molecule has 3 atom stereocenters. The highest BCUT2D eigenvalue weighted by Gasteiger charge is 2.26. The fourth-order valence-corrected chi connectivity index (χ4v) is 2.45. The lowest BCUT2D eigenvalue weighted by Crippen LogP contribution is -2.47. The highest BCUT2D eigenvalue weighted by molar-refractivity contribution is 5.76. The summed E-state index contributed by atoms with van der Waals surface area (Å²) in [6, 6.07) is 9.04. The van der Waals surface area contributed by atoms with Gasteiger partial charge in [0.05, 0.1) is 13.0 Å². The Morgan fingerprint density at radius 1 is 1.24 bits per heavy atom. The van der Waals surface area contributed by atoms with Gasteiger partial charge in [-0.05, 0) is 45.2 Å². The number of nitrogens with one attached hydrogen (secondary N) is 2. The monoisotopic (exact) mass is 411 g/mol. The molecule has 1 aromatic rings. The molecule has 0 radical (unpaired) electrons. The molecule has 0 saturated heterocycles. The SMILES string of the molecule is CC(CCO[N+](=O)[O-])CNC(=O)CC(Oc1ccccc1)C(O)CNC(C)(C)C. The van der Waals surface area contributed by atoms with Gasteiger partial charge in [0.2, 0.25) is 5.91 Å². The van der Waals surface area contributed by atoms with Crippen LogP contribution in [0.3, 0.4) is 0 Å². The van der Waals surface area contributed by atoms with Crippen molar-refractivity contribution in [2.75, 3.05) is 19.7 Å². The highest BCUT2D eigenvalue weighted by atomic mass is 16.9. The van der Waals surface area contributed by atoms with Crippen LogP contribution in [0.4, 0.5) is 0 Å². The molecule has 0 fully saturated rings. The van der Waals surface area contributed by atoms with Crippen LogP contribution in [0.1, 0.15) is 40.5 Å². The zero-order valence-electron chi connectivity index (χ0n) is 17.6. The average Bonchev–Trinajstić information content (AvgIpc) is 2.64. The summed E-state index contributed by atoms with van der Waals surface area (Å²) < 4.78 is 5.86. The summed E-state index contributed by atoms with van der Waals surface area (Å²) in [5.41, 5.74) is -0.179. The van der Waals surface area contributed by atoms with E-state index in [9.17, 15) is 20.0 Å². The molecule has 0 spiro atoms. The second-order valence-electron chi connectivity index (χ2n) is 8.13. The molecule has 0 aliphatic carbocycles. The van der Waals surface area contributed by atoms with Gasteiger partial charge >= 0.3 is 0 Å². The molecule has 0 saturated carbocycles. The van der Waals surface area contributed by atoms with Crippen molar-refractivity contribution in [1.82, 2.24) is 10.6 Å². The zero-order valence-corrected chi connectivity index (χ0v) is 17.6. The first-order chi connectivity index (χ1) is 13.6. The zero-order chi connectivity index (χ0) is 21.9. The summed E-state index contributed by atoms with van der Waals surface area (Å²) in [6.45, 7) is 8.46. The minimum atomic E-state index is -0.883. The normalized spacial score (nSPS) is 14.5. The molecule has 1 rings (SSSR count). The van der Waals surface area contributed by atoms with Gasteiger partial charge < -0.3 is 25.3 Å². The van der Waals surface area contributed by atoms with Gasteiger partial charge in [-0.15, -0.1) is 10.1 Å². The van der Waals surface area contributed by atoms with E-state index in [0.717, 1.165) is 0 Å². The van der Waals surface area contributed by atoms with Crippen LogP contribution in [0.25, 0.3) is 0 Å². The molecule has 3 N–H and O–H groups in total.